The first kappa shape index (κ1) is 15.3. The lowest BCUT2D eigenvalue weighted by Gasteiger charge is -2.46. The normalized spacial score (nSPS) is 23.8. The third-order valence-corrected chi connectivity index (χ3v) is 4.91. The topological polar surface area (TPSA) is 6.48 Å². The number of benzene rings is 2. The average molecular weight is 294 g/mol. The largest absolute Gasteiger partial charge is 0.301 e. The SMILES string of the molecule is C[C@@H]1CN(C(c2ccccc2)c2ccccc2)[C@@H](C)CN1C. The molecule has 2 atom stereocenters. The standard InChI is InChI=1S/C20H26N2/c1-16-15-22(17(2)14-21(16)3)20(18-10-6-4-7-11-18)19-12-8-5-9-13-19/h4-13,16-17,20H,14-15H2,1-3H3/t16-,17+/m1/s1. The molecule has 0 radical (unpaired) electrons. The lowest BCUT2D eigenvalue weighted by molar-refractivity contribution is 0.0390. The number of hydrogen-bond acceptors (Lipinski definition) is 2. The van der Waals surface area contributed by atoms with Crippen LogP contribution in [0.3, 0.4) is 0 Å². The lowest BCUT2D eigenvalue weighted by atomic mass is 9.94. The molecule has 0 bridgehead atoms. The van der Waals surface area contributed by atoms with Crippen molar-refractivity contribution < 1.29 is 0 Å². The van der Waals surface area contributed by atoms with E-state index in [0.29, 0.717) is 18.1 Å². The van der Waals surface area contributed by atoms with Crippen molar-refractivity contribution in [1.82, 2.24) is 9.80 Å². The van der Waals surface area contributed by atoms with Gasteiger partial charge in [-0.1, -0.05) is 60.7 Å². The van der Waals surface area contributed by atoms with Crippen LogP contribution < -0.4 is 0 Å². The van der Waals surface area contributed by atoms with Gasteiger partial charge in [-0.15, -0.1) is 0 Å². The van der Waals surface area contributed by atoms with Crippen molar-refractivity contribution in [2.24, 2.45) is 0 Å². The maximum absolute atomic E-state index is 2.66. The van der Waals surface area contributed by atoms with Gasteiger partial charge in [0, 0.05) is 25.2 Å². The number of piperazine rings is 1. The minimum absolute atomic E-state index is 0.341. The molecule has 1 saturated heterocycles. The van der Waals surface area contributed by atoms with Crippen molar-refractivity contribution in [3.63, 3.8) is 0 Å². The molecule has 0 aliphatic carbocycles. The van der Waals surface area contributed by atoms with E-state index in [-0.39, 0.29) is 0 Å². The van der Waals surface area contributed by atoms with Gasteiger partial charge in [-0.2, -0.15) is 0 Å². The molecule has 116 valence electrons. The number of hydrogen-bond donors (Lipinski definition) is 0. The maximum atomic E-state index is 2.66. The van der Waals surface area contributed by atoms with Crippen LogP contribution in [-0.2, 0) is 0 Å². The van der Waals surface area contributed by atoms with Gasteiger partial charge in [0.1, 0.15) is 0 Å². The fourth-order valence-corrected chi connectivity index (χ4v) is 3.53. The lowest BCUT2D eigenvalue weighted by Crippen LogP contribution is -2.55. The summed E-state index contributed by atoms with van der Waals surface area (Å²) in [6.07, 6.45) is 0. The van der Waals surface area contributed by atoms with Gasteiger partial charge in [0.05, 0.1) is 6.04 Å². The summed E-state index contributed by atoms with van der Waals surface area (Å²) in [7, 11) is 2.23. The highest BCUT2D eigenvalue weighted by atomic mass is 15.3. The second-order valence-electron chi connectivity index (χ2n) is 6.56. The molecule has 2 aromatic rings. The number of nitrogens with zero attached hydrogens (tertiary/aromatic N) is 2. The van der Waals surface area contributed by atoms with Gasteiger partial charge in [0.2, 0.25) is 0 Å². The Morgan fingerprint density at radius 1 is 0.773 bits per heavy atom. The van der Waals surface area contributed by atoms with Crippen LogP contribution in [0.15, 0.2) is 60.7 Å². The van der Waals surface area contributed by atoms with Crippen molar-refractivity contribution in [2.75, 3.05) is 20.1 Å². The average Bonchev–Trinajstić information content (AvgIpc) is 2.55. The van der Waals surface area contributed by atoms with E-state index in [2.05, 4.69) is 91.4 Å². The first-order valence-corrected chi connectivity index (χ1v) is 8.22. The molecule has 0 saturated carbocycles. The minimum Gasteiger partial charge on any atom is -0.301 e. The highest BCUT2D eigenvalue weighted by Crippen LogP contribution is 2.32. The van der Waals surface area contributed by atoms with E-state index in [1.54, 1.807) is 0 Å². The molecule has 1 aliphatic heterocycles. The van der Waals surface area contributed by atoms with Crippen LogP contribution in [0.1, 0.15) is 31.0 Å². The van der Waals surface area contributed by atoms with Crippen LogP contribution in [0, 0.1) is 0 Å². The molecule has 3 rings (SSSR count). The van der Waals surface area contributed by atoms with E-state index >= 15 is 0 Å². The predicted molar refractivity (Wildman–Crippen MR) is 93.0 cm³/mol. The summed E-state index contributed by atoms with van der Waals surface area (Å²) in [5.74, 6) is 0. The van der Waals surface area contributed by atoms with Crippen molar-refractivity contribution in [2.45, 2.75) is 32.0 Å². The molecular weight excluding hydrogens is 268 g/mol. The molecule has 2 aromatic carbocycles. The van der Waals surface area contributed by atoms with Gasteiger partial charge in [0.25, 0.3) is 0 Å². The molecule has 22 heavy (non-hydrogen) atoms. The Bertz CT molecular complexity index is 542. The molecule has 0 unspecified atom stereocenters. The Kier molecular flexibility index (Phi) is 4.60. The highest BCUT2D eigenvalue weighted by Gasteiger charge is 2.33. The Hall–Kier alpha value is -1.64. The molecule has 2 nitrogen and oxygen atoms in total. The fourth-order valence-electron chi connectivity index (χ4n) is 3.53. The van der Waals surface area contributed by atoms with Gasteiger partial charge in [-0.3, -0.25) is 4.90 Å². The minimum atomic E-state index is 0.341. The zero-order valence-electron chi connectivity index (χ0n) is 13.8. The molecule has 0 N–H and O–H groups in total. The van der Waals surface area contributed by atoms with E-state index < -0.39 is 0 Å². The molecule has 1 aliphatic rings. The van der Waals surface area contributed by atoms with Crippen molar-refractivity contribution in [1.29, 1.82) is 0 Å². The smallest absolute Gasteiger partial charge is 0.0605 e. The molecule has 2 heteroatoms. The Balaban J connectivity index is 1.99. The summed E-state index contributed by atoms with van der Waals surface area (Å²) in [5.41, 5.74) is 2.77. The second-order valence-corrected chi connectivity index (χ2v) is 6.56. The fraction of sp³-hybridized carbons (Fsp3) is 0.400. The molecule has 1 heterocycles. The van der Waals surface area contributed by atoms with E-state index in [4.69, 9.17) is 0 Å². The molecular formula is C20H26N2. The monoisotopic (exact) mass is 294 g/mol. The Morgan fingerprint density at radius 3 is 1.77 bits per heavy atom. The molecule has 1 fully saturated rings. The third-order valence-electron chi connectivity index (χ3n) is 4.91. The summed E-state index contributed by atoms with van der Waals surface area (Å²) < 4.78 is 0. The molecule has 0 aromatic heterocycles. The van der Waals surface area contributed by atoms with E-state index in [1.807, 2.05) is 0 Å². The first-order chi connectivity index (χ1) is 10.7. The second kappa shape index (κ2) is 6.64. The summed E-state index contributed by atoms with van der Waals surface area (Å²) in [6.45, 7) is 6.90. The van der Waals surface area contributed by atoms with Gasteiger partial charge in [-0.05, 0) is 32.0 Å². The van der Waals surface area contributed by atoms with Gasteiger partial charge < -0.3 is 4.90 Å². The predicted octanol–water partition coefficient (Wildman–Crippen LogP) is 3.80. The zero-order chi connectivity index (χ0) is 15.5. The number of rotatable bonds is 3. The summed E-state index contributed by atoms with van der Waals surface area (Å²) in [6, 6.07) is 23.3. The van der Waals surface area contributed by atoms with Crippen molar-refractivity contribution in [3.8, 4) is 0 Å². The van der Waals surface area contributed by atoms with Gasteiger partial charge in [-0.25, -0.2) is 0 Å². The molecule has 0 amide bonds. The van der Waals surface area contributed by atoms with Crippen LogP contribution >= 0.6 is 0 Å². The Labute approximate surface area is 134 Å². The van der Waals surface area contributed by atoms with Crippen LogP contribution in [0.4, 0.5) is 0 Å². The van der Waals surface area contributed by atoms with E-state index in [0.717, 1.165) is 13.1 Å². The van der Waals surface area contributed by atoms with Gasteiger partial charge >= 0.3 is 0 Å². The molecule has 0 spiro atoms. The first-order valence-electron chi connectivity index (χ1n) is 8.22. The number of likely N-dealkylation sites (N-methyl/N-ethyl adjacent to an activating group) is 1. The maximum Gasteiger partial charge on any atom is 0.0605 e. The van der Waals surface area contributed by atoms with Crippen LogP contribution in [0.5, 0.6) is 0 Å². The van der Waals surface area contributed by atoms with Crippen LogP contribution in [0.25, 0.3) is 0 Å². The summed E-state index contributed by atoms with van der Waals surface area (Å²) >= 11 is 0. The summed E-state index contributed by atoms with van der Waals surface area (Å²) in [5, 5.41) is 0. The van der Waals surface area contributed by atoms with E-state index in [9.17, 15) is 0 Å². The Morgan fingerprint density at radius 2 is 1.27 bits per heavy atom. The zero-order valence-corrected chi connectivity index (χ0v) is 13.8. The summed E-state index contributed by atoms with van der Waals surface area (Å²) in [4.78, 5) is 5.13. The van der Waals surface area contributed by atoms with E-state index in [1.165, 1.54) is 11.1 Å². The van der Waals surface area contributed by atoms with Gasteiger partial charge in [0.15, 0.2) is 0 Å². The van der Waals surface area contributed by atoms with Crippen molar-refractivity contribution >= 4 is 0 Å². The van der Waals surface area contributed by atoms with Crippen molar-refractivity contribution in [3.05, 3.63) is 71.8 Å². The highest BCUT2D eigenvalue weighted by molar-refractivity contribution is 5.32. The third kappa shape index (κ3) is 3.08. The van der Waals surface area contributed by atoms with Crippen LogP contribution in [-0.4, -0.2) is 42.0 Å². The van der Waals surface area contributed by atoms with Crippen LogP contribution in [0.2, 0.25) is 0 Å². The quantitative estimate of drug-likeness (QED) is 0.849.